The number of fused-ring (bicyclic) bond motifs is 1. The number of amides is 1. The number of aromatic nitrogens is 2. The summed E-state index contributed by atoms with van der Waals surface area (Å²) in [5, 5.41) is 13.8. The average molecular weight is 543 g/mol. The fourth-order valence-electron chi connectivity index (χ4n) is 4.15. The summed E-state index contributed by atoms with van der Waals surface area (Å²) in [5.41, 5.74) is 0. The summed E-state index contributed by atoms with van der Waals surface area (Å²) in [6.07, 6.45) is -1.61. The number of halogens is 3. The Labute approximate surface area is 215 Å². The highest BCUT2D eigenvalue weighted by atomic mass is 19.4. The standard InChI is InChI=1S/C23H28F3N5O7/c24-23(25,26)15-35-9-10-36-17-1-3-18(4-2-17)38-19-5-7-29(8-6-19)13-21(32)27-16-11-30-12-20(31(33)34)28-22(30)37-14-16/h1-4,12,16,19H,5-11,13-15H2,(H,27,32). The molecule has 0 bridgehead atoms. The van der Waals surface area contributed by atoms with Gasteiger partial charge in [-0.25, -0.2) is 0 Å². The number of nitrogens with zero attached hydrogens (tertiary/aromatic N) is 4. The number of imidazole rings is 1. The summed E-state index contributed by atoms with van der Waals surface area (Å²) in [7, 11) is 0. The van der Waals surface area contributed by atoms with Gasteiger partial charge in [-0.3, -0.25) is 14.3 Å². The van der Waals surface area contributed by atoms with Gasteiger partial charge in [-0.05, 0) is 42.0 Å². The summed E-state index contributed by atoms with van der Waals surface area (Å²) < 4.78 is 59.0. The number of carbonyl (C=O) groups excluding carboxylic acids is 1. The maximum atomic E-state index is 12.5. The van der Waals surface area contributed by atoms with Crippen LogP contribution in [0.3, 0.4) is 0 Å². The van der Waals surface area contributed by atoms with Crippen molar-refractivity contribution in [2.45, 2.75) is 37.7 Å². The van der Waals surface area contributed by atoms with E-state index in [1.807, 2.05) is 4.90 Å². The van der Waals surface area contributed by atoms with Crippen molar-refractivity contribution in [1.29, 1.82) is 0 Å². The predicted molar refractivity (Wildman–Crippen MR) is 125 cm³/mol. The number of hydrogen-bond acceptors (Lipinski definition) is 9. The SMILES string of the molecule is O=C(CN1CCC(Oc2ccc(OCCOCC(F)(F)F)cc2)CC1)NC1COc2nc([N+](=O)[O-])cn2C1. The molecule has 1 amide bonds. The third-order valence-corrected chi connectivity index (χ3v) is 5.90. The molecule has 0 radical (unpaired) electrons. The van der Waals surface area contributed by atoms with E-state index < -0.39 is 17.7 Å². The Morgan fingerprint density at radius 3 is 2.58 bits per heavy atom. The van der Waals surface area contributed by atoms with Gasteiger partial charge in [0.1, 0.15) is 43.6 Å². The lowest BCUT2D eigenvalue weighted by molar-refractivity contribution is -0.389. The molecular formula is C23H28F3N5O7. The van der Waals surface area contributed by atoms with Crippen LogP contribution in [0.1, 0.15) is 12.8 Å². The molecule has 0 spiro atoms. The molecular weight excluding hydrogens is 515 g/mol. The molecule has 3 heterocycles. The van der Waals surface area contributed by atoms with Crippen LogP contribution in [0.25, 0.3) is 0 Å². The number of nitro groups is 1. The van der Waals surface area contributed by atoms with E-state index in [0.29, 0.717) is 31.1 Å². The molecule has 1 aromatic carbocycles. The molecule has 2 aliphatic rings. The number of alkyl halides is 3. The minimum atomic E-state index is -4.35. The first-order chi connectivity index (χ1) is 18.1. The lowest BCUT2D eigenvalue weighted by Crippen LogP contribution is -2.49. The molecule has 1 aromatic heterocycles. The lowest BCUT2D eigenvalue weighted by Gasteiger charge is -2.32. The molecule has 0 aliphatic carbocycles. The molecule has 15 heteroatoms. The fourth-order valence-corrected chi connectivity index (χ4v) is 4.15. The second kappa shape index (κ2) is 12.3. The van der Waals surface area contributed by atoms with Gasteiger partial charge in [0.15, 0.2) is 0 Å². The van der Waals surface area contributed by atoms with Gasteiger partial charge in [-0.2, -0.15) is 13.2 Å². The lowest BCUT2D eigenvalue weighted by atomic mass is 10.1. The third-order valence-electron chi connectivity index (χ3n) is 5.90. The van der Waals surface area contributed by atoms with Gasteiger partial charge < -0.3 is 34.4 Å². The van der Waals surface area contributed by atoms with Crippen molar-refractivity contribution in [3.63, 3.8) is 0 Å². The highest BCUT2D eigenvalue weighted by molar-refractivity contribution is 5.78. The number of likely N-dealkylation sites (tertiary alicyclic amines) is 1. The Morgan fingerprint density at radius 2 is 1.89 bits per heavy atom. The monoisotopic (exact) mass is 543 g/mol. The molecule has 1 N–H and O–H groups in total. The van der Waals surface area contributed by atoms with Crippen LogP contribution in [0.2, 0.25) is 0 Å². The van der Waals surface area contributed by atoms with E-state index in [1.54, 1.807) is 24.3 Å². The van der Waals surface area contributed by atoms with Crippen LogP contribution in [0.4, 0.5) is 19.0 Å². The zero-order chi connectivity index (χ0) is 27.1. The summed E-state index contributed by atoms with van der Waals surface area (Å²) in [6.45, 7) is 0.635. The zero-order valence-electron chi connectivity index (χ0n) is 20.4. The van der Waals surface area contributed by atoms with Crippen molar-refractivity contribution >= 4 is 11.7 Å². The van der Waals surface area contributed by atoms with E-state index in [-0.39, 0.29) is 56.2 Å². The van der Waals surface area contributed by atoms with Gasteiger partial charge in [0.05, 0.1) is 25.7 Å². The van der Waals surface area contributed by atoms with Gasteiger partial charge in [-0.15, -0.1) is 0 Å². The largest absolute Gasteiger partial charge is 0.491 e. The number of nitrogens with one attached hydrogen (secondary N) is 1. The first kappa shape index (κ1) is 27.4. The Morgan fingerprint density at radius 1 is 1.18 bits per heavy atom. The molecule has 1 fully saturated rings. The maximum absolute atomic E-state index is 12.5. The van der Waals surface area contributed by atoms with Crippen molar-refractivity contribution in [2.24, 2.45) is 0 Å². The van der Waals surface area contributed by atoms with Crippen LogP contribution >= 0.6 is 0 Å². The zero-order valence-corrected chi connectivity index (χ0v) is 20.4. The molecule has 1 atom stereocenters. The Kier molecular flexibility index (Phi) is 8.89. The number of piperidine rings is 1. The fraction of sp³-hybridized carbons (Fsp3) is 0.565. The molecule has 1 unspecified atom stereocenters. The van der Waals surface area contributed by atoms with Crippen molar-refractivity contribution < 1.29 is 41.8 Å². The van der Waals surface area contributed by atoms with Crippen molar-refractivity contribution in [3.05, 3.63) is 40.6 Å². The number of ether oxygens (including phenoxy) is 4. The maximum Gasteiger partial charge on any atom is 0.414 e. The van der Waals surface area contributed by atoms with Crippen LogP contribution in [0, 0.1) is 10.1 Å². The van der Waals surface area contributed by atoms with E-state index in [1.165, 1.54) is 10.8 Å². The molecule has 1 saturated heterocycles. The summed E-state index contributed by atoms with van der Waals surface area (Å²) >= 11 is 0. The minimum absolute atomic E-state index is 0.00319. The molecule has 12 nitrogen and oxygen atoms in total. The normalized spacial score (nSPS) is 18.3. The predicted octanol–water partition coefficient (Wildman–Crippen LogP) is 2.17. The number of hydrogen-bond donors (Lipinski definition) is 1. The van der Waals surface area contributed by atoms with E-state index in [2.05, 4.69) is 15.0 Å². The first-order valence-corrected chi connectivity index (χ1v) is 12.0. The average Bonchev–Trinajstić information content (AvgIpc) is 3.29. The van der Waals surface area contributed by atoms with E-state index >= 15 is 0 Å². The topological polar surface area (TPSA) is 130 Å². The van der Waals surface area contributed by atoms with Crippen LogP contribution in [0.15, 0.2) is 30.5 Å². The molecule has 0 saturated carbocycles. The van der Waals surface area contributed by atoms with Crippen LogP contribution in [-0.2, 0) is 16.1 Å². The van der Waals surface area contributed by atoms with Gasteiger partial charge >= 0.3 is 18.0 Å². The quantitative estimate of drug-likeness (QED) is 0.257. The van der Waals surface area contributed by atoms with E-state index in [9.17, 15) is 28.1 Å². The smallest absolute Gasteiger partial charge is 0.414 e. The molecule has 38 heavy (non-hydrogen) atoms. The van der Waals surface area contributed by atoms with Crippen molar-refractivity contribution in [1.82, 2.24) is 19.8 Å². The third kappa shape index (κ3) is 8.21. The highest BCUT2D eigenvalue weighted by Gasteiger charge is 2.30. The number of benzene rings is 1. The van der Waals surface area contributed by atoms with E-state index in [4.69, 9.17) is 14.2 Å². The summed E-state index contributed by atoms with van der Waals surface area (Å²) in [4.78, 5) is 28.6. The van der Waals surface area contributed by atoms with Crippen LogP contribution in [-0.4, -0.2) is 89.7 Å². The van der Waals surface area contributed by atoms with E-state index in [0.717, 1.165) is 12.8 Å². The van der Waals surface area contributed by atoms with Crippen molar-refractivity contribution in [2.75, 3.05) is 46.1 Å². The number of carbonyl (C=O) groups is 1. The van der Waals surface area contributed by atoms with Crippen LogP contribution in [0.5, 0.6) is 17.5 Å². The molecule has 2 aliphatic heterocycles. The van der Waals surface area contributed by atoms with Gasteiger partial charge in [0.25, 0.3) is 0 Å². The van der Waals surface area contributed by atoms with Crippen LogP contribution < -0.4 is 19.5 Å². The van der Waals surface area contributed by atoms with Gasteiger partial charge in [-0.1, -0.05) is 0 Å². The number of rotatable bonds is 11. The molecule has 2 aromatic rings. The van der Waals surface area contributed by atoms with Gasteiger partial charge in [0, 0.05) is 18.1 Å². The Bertz CT molecular complexity index is 1090. The minimum Gasteiger partial charge on any atom is -0.491 e. The Hall–Kier alpha value is -3.59. The second-order valence-corrected chi connectivity index (χ2v) is 8.95. The summed E-state index contributed by atoms with van der Waals surface area (Å²) in [5.74, 6) is 0.697. The Balaban J connectivity index is 1.12. The highest BCUT2D eigenvalue weighted by Crippen LogP contribution is 2.23. The first-order valence-electron chi connectivity index (χ1n) is 12.0. The van der Waals surface area contributed by atoms with Gasteiger partial charge in [0.2, 0.25) is 5.91 Å². The second-order valence-electron chi connectivity index (χ2n) is 8.95. The molecule has 208 valence electrons. The molecule has 4 rings (SSSR count). The summed E-state index contributed by atoms with van der Waals surface area (Å²) in [6, 6.07) is 6.68. The van der Waals surface area contributed by atoms with Crippen molar-refractivity contribution in [3.8, 4) is 17.5 Å².